The van der Waals surface area contributed by atoms with Crippen molar-refractivity contribution in [3.8, 4) is 6.07 Å². The molecule has 0 unspecified atom stereocenters. The summed E-state index contributed by atoms with van der Waals surface area (Å²) in [5.74, 6) is 0. The molecule has 0 aromatic heterocycles. The van der Waals surface area contributed by atoms with Crippen molar-refractivity contribution in [2.75, 3.05) is 11.9 Å². The predicted molar refractivity (Wildman–Crippen MR) is 81.7 cm³/mol. The van der Waals surface area contributed by atoms with Gasteiger partial charge in [-0.2, -0.15) is 5.26 Å². The summed E-state index contributed by atoms with van der Waals surface area (Å²) in [4.78, 5) is 2.27. The molecule has 1 fully saturated rings. The van der Waals surface area contributed by atoms with Gasteiger partial charge in [-0.05, 0) is 31.9 Å². The molecule has 20 heavy (non-hydrogen) atoms. The maximum atomic E-state index is 9.96. The second-order valence-electron chi connectivity index (χ2n) is 5.82. The van der Waals surface area contributed by atoms with Gasteiger partial charge in [0.1, 0.15) is 0 Å². The minimum Gasteiger partial charge on any atom is -0.389 e. The topological polar surface area (TPSA) is 47.3 Å². The number of aliphatic hydroxyl groups excluding tert-OH is 1. The number of benzene rings is 1. The number of nitrogens with zero attached hydrogens (tertiary/aromatic N) is 2. The highest BCUT2D eigenvalue weighted by molar-refractivity contribution is 5.58. The standard InChI is InChI=1S/C17H24N2O/c1-13(20)16-10-9-14(12-18)11-17(16)19(2)15-7-5-3-4-6-8-15/h9-11,13,15,20H,3-8H2,1-2H3/t13-/m0/s1. The summed E-state index contributed by atoms with van der Waals surface area (Å²) in [7, 11) is 2.10. The molecule has 1 aromatic rings. The zero-order valence-electron chi connectivity index (χ0n) is 12.5. The summed E-state index contributed by atoms with van der Waals surface area (Å²) in [5, 5.41) is 19.1. The minimum absolute atomic E-state index is 0.508. The summed E-state index contributed by atoms with van der Waals surface area (Å²) in [6.07, 6.45) is 7.09. The van der Waals surface area contributed by atoms with Gasteiger partial charge in [-0.25, -0.2) is 0 Å². The van der Waals surface area contributed by atoms with Crippen LogP contribution in [0.15, 0.2) is 18.2 Å². The third-order valence-electron chi connectivity index (χ3n) is 4.36. The van der Waals surface area contributed by atoms with Crippen LogP contribution in [-0.2, 0) is 0 Å². The van der Waals surface area contributed by atoms with Crippen LogP contribution in [0.2, 0.25) is 0 Å². The van der Waals surface area contributed by atoms with E-state index in [1.165, 1.54) is 38.5 Å². The second kappa shape index (κ2) is 6.76. The van der Waals surface area contributed by atoms with E-state index in [0.717, 1.165) is 11.3 Å². The summed E-state index contributed by atoms with van der Waals surface area (Å²) in [5.41, 5.74) is 2.58. The van der Waals surface area contributed by atoms with E-state index in [4.69, 9.17) is 5.26 Å². The zero-order chi connectivity index (χ0) is 14.5. The highest BCUT2D eigenvalue weighted by atomic mass is 16.3. The number of aliphatic hydroxyl groups is 1. The van der Waals surface area contributed by atoms with Crippen LogP contribution in [0.25, 0.3) is 0 Å². The number of hydrogen-bond acceptors (Lipinski definition) is 3. The van der Waals surface area contributed by atoms with Gasteiger partial charge in [0.05, 0.1) is 17.7 Å². The Kier molecular flexibility index (Phi) is 5.03. The van der Waals surface area contributed by atoms with E-state index in [2.05, 4.69) is 18.0 Å². The van der Waals surface area contributed by atoms with Gasteiger partial charge in [0, 0.05) is 24.3 Å². The largest absolute Gasteiger partial charge is 0.389 e. The lowest BCUT2D eigenvalue weighted by Gasteiger charge is -2.31. The van der Waals surface area contributed by atoms with Gasteiger partial charge in [-0.3, -0.25) is 0 Å². The Morgan fingerprint density at radius 3 is 2.45 bits per heavy atom. The van der Waals surface area contributed by atoms with Gasteiger partial charge in [0.15, 0.2) is 0 Å². The van der Waals surface area contributed by atoms with E-state index in [1.54, 1.807) is 13.0 Å². The molecule has 0 spiro atoms. The van der Waals surface area contributed by atoms with Gasteiger partial charge >= 0.3 is 0 Å². The normalized spacial score (nSPS) is 18.1. The fourth-order valence-electron chi connectivity index (χ4n) is 3.11. The lowest BCUT2D eigenvalue weighted by Crippen LogP contribution is -2.32. The summed E-state index contributed by atoms with van der Waals surface area (Å²) >= 11 is 0. The van der Waals surface area contributed by atoms with Crippen molar-refractivity contribution in [2.24, 2.45) is 0 Å². The van der Waals surface area contributed by atoms with Gasteiger partial charge in [-0.15, -0.1) is 0 Å². The lowest BCUT2D eigenvalue weighted by molar-refractivity contribution is 0.199. The van der Waals surface area contributed by atoms with Crippen LogP contribution in [0.4, 0.5) is 5.69 Å². The van der Waals surface area contributed by atoms with Crippen molar-refractivity contribution in [1.29, 1.82) is 5.26 Å². The maximum Gasteiger partial charge on any atom is 0.0992 e. The van der Waals surface area contributed by atoms with Gasteiger partial charge in [-0.1, -0.05) is 31.7 Å². The first kappa shape index (κ1) is 14.9. The Balaban J connectivity index is 2.31. The van der Waals surface area contributed by atoms with Crippen molar-refractivity contribution >= 4 is 5.69 Å². The molecule has 3 nitrogen and oxygen atoms in total. The number of anilines is 1. The second-order valence-corrected chi connectivity index (χ2v) is 5.82. The Morgan fingerprint density at radius 1 is 1.25 bits per heavy atom. The molecule has 1 atom stereocenters. The summed E-state index contributed by atoms with van der Waals surface area (Å²) < 4.78 is 0. The third-order valence-corrected chi connectivity index (χ3v) is 4.36. The van der Waals surface area contributed by atoms with Crippen molar-refractivity contribution in [2.45, 2.75) is 57.6 Å². The molecular weight excluding hydrogens is 248 g/mol. The fraction of sp³-hybridized carbons (Fsp3) is 0.588. The minimum atomic E-state index is -0.508. The van der Waals surface area contributed by atoms with Crippen LogP contribution in [0.5, 0.6) is 0 Å². The smallest absolute Gasteiger partial charge is 0.0992 e. The molecule has 108 valence electrons. The number of hydrogen-bond donors (Lipinski definition) is 1. The van der Waals surface area contributed by atoms with Gasteiger partial charge in [0.2, 0.25) is 0 Å². The highest BCUT2D eigenvalue weighted by Crippen LogP contribution is 2.31. The Labute approximate surface area is 121 Å². The van der Waals surface area contributed by atoms with Crippen molar-refractivity contribution < 1.29 is 5.11 Å². The van der Waals surface area contributed by atoms with Crippen molar-refractivity contribution in [3.05, 3.63) is 29.3 Å². The average molecular weight is 272 g/mol. The Hall–Kier alpha value is -1.53. The van der Waals surface area contributed by atoms with Crippen LogP contribution in [0.3, 0.4) is 0 Å². The summed E-state index contributed by atoms with van der Waals surface area (Å²) in [6.45, 7) is 1.78. The van der Waals surface area contributed by atoms with Crippen LogP contribution in [0, 0.1) is 11.3 Å². The molecule has 2 rings (SSSR count). The number of nitriles is 1. The molecule has 0 radical (unpaired) electrons. The lowest BCUT2D eigenvalue weighted by atomic mass is 10.0. The molecule has 0 bridgehead atoms. The molecule has 0 heterocycles. The molecule has 1 aromatic carbocycles. The van der Waals surface area contributed by atoms with E-state index >= 15 is 0 Å². The zero-order valence-corrected chi connectivity index (χ0v) is 12.5. The number of rotatable bonds is 3. The van der Waals surface area contributed by atoms with E-state index in [-0.39, 0.29) is 0 Å². The monoisotopic (exact) mass is 272 g/mol. The maximum absolute atomic E-state index is 9.96. The fourth-order valence-corrected chi connectivity index (χ4v) is 3.11. The SMILES string of the molecule is C[C@H](O)c1ccc(C#N)cc1N(C)C1CCCCCC1. The first-order valence-electron chi connectivity index (χ1n) is 7.58. The summed E-state index contributed by atoms with van der Waals surface area (Å²) in [6, 6.07) is 8.29. The average Bonchev–Trinajstić information content (AvgIpc) is 2.74. The van der Waals surface area contributed by atoms with Gasteiger partial charge < -0.3 is 10.0 Å². The highest BCUT2D eigenvalue weighted by Gasteiger charge is 2.21. The molecule has 0 saturated heterocycles. The molecule has 3 heteroatoms. The van der Waals surface area contributed by atoms with Gasteiger partial charge in [0.25, 0.3) is 0 Å². The molecule has 1 N–H and O–H groups in total. The van der Waals surface area contributed by atoms with Crippen LogP contribution in [-0.4, -0.2) is 18.2 Å². The van der Waals surface area contributed by atoms with E-state index in [1.807, 2.05) is 12.1 Å². The van der Waals surface area contributed by atoms with E-state index < -0.39 is 6.10 Å². The molecule has 1 aliphatic carbocycles. The quantitative estimate of drug-likeness (QED) is 0.852. The van der Waals surface area contributed by atoms with Crippen LogP contribution >= 0.6 is 0 Å². The predicted octanol–water partition coefficient (Wildman–Crippen LogP) is 3.77. The molecule has 1 aliphatic rings. The Bertz CT molecular complexity index is 482. The first-order chi connectivity index (χ1) is 9.63. The van der Waals surface area contributed by atoms with E-state index in [9.17, 15) is 5.11 Å². The molecule has 0 aliphatic heterocycles. The molecule has 0 amide bonds. The molecular formula is C17H24N2O. The Morgan fingerprint density at radius 2 is 1.90 bits per heavy atom. The molecule has 1 saturated carbocycles. The van der Waals surface area contributed by atoms with Crippen LogP contribution < -0.4 is 4.90 Å². The van der Waals surface area contributed by atoms with E-state index in [0.29, 0.717) is 11.6 Å². The third kappa shape index (κ3) is 3.32. The first-order valence-corrected chi connectivity index (χ1v) is 7.58. The van der Waals surface area contributed by atoms with Crippen molar-refractivity contribution in [1.82, 2.24) is 0 Å². The van der Waals surface area contributed by atoms with Crippen LogP contribution in [0.1, 0.15) is 62.7 Å². The van der Waals surface area contributed by atoms with Crippen molar-refractivity contribution in [3.63, 3.8) is 0 Å².